The van der Waals surface area contributed by atoms with Gasteiger partial charge in [-0.25, -0.2) is 4.79 Å². The zero-order valence-corrected chi connectivity index (χ0v) is 11.4. The molecule has 1 aromatic rings. The molecule has 0 aliphatic rings. The van der Waals surface area contributed by atoms with Crippen molar-refractivity contribution < 1.29 is 23.9 Å². The van der Waals surface area contributed by atoms with E-state index in [4.69, 9.17) is 0 Å². The first-order valence-electron chi connectivity index (χ1n) is 6.16. The molecule has 6 heteroatoms. The fourth-order valence-electron chi connectivity index (χ4n) is 1.60. The lowest BCUT2D eigenvalue weighted by Crippen LogP contribution is -2.35. The Kier molecular flexibility index (Phi) is 6.22. The lowest BCUT2D eigenvalue weighted by atomic mass is 10.1. The van der Waals surface area contributed by atoms with Crippen LogP contribution in [0.4, 0.5) is 0 Å². The van der Waals surface area contributed by atoms with Crippen LogP contribution < -0.4 is 5.32 Å². The Balaban J connectivity index is 2.74. The van der Waals surface area contributed by atoms with Crippen LogP contribution in [0.1, 0.15) is 24.9 Å². The van der Waals surface area contributed by atoms with Crippen LogP contribution in [-0.4, -0.2) is 31.6 Å². The summed E-state index contributed by atoms with van der Waals surface area (Å²) >= 11 is 0. The van der Waals surface area contributed by atoms with Gasteiger partial charge in [0.05, 0.1) is 13.7 Å². The normalized spacial score (nSPS) is 11.3. The number of esters is 2. The third kappa shape index (κ3) is 4.72. The molecule has 0 aliphatic carbocycles. The van der Waals surface area contributed by atoms with Crippen LogP contribution in [0, 0.1) is 0 Å². The van der Waals surface area contributed by atoms with Crippen LogP contribution >= 0.6 is 0 Å². The highest BCUT2D eigenvalue weighted by Gasteiger charge is 2.24. The molecule has 1 aromatic carbocycles. The molecule has 1 rings (SSSR count). The number of carbonyl (C=O) groups excluding carboxylic acids is 3. The smallest absolute Gasteiger partial charge is 0.333 e. The minimum Gasteiger partial charge on any atom is -0.467 e. The Morgan fingerprint density at radius 1 is 1.20 bits per heavy atom. The first-order valence-corrected chi connectivity index (χ1v) is 6.16. The van der Waals surface area contributed by atoms with Crippen molar-refractivity contribution >= 4 is 17.8 Å². The highest BCUT2D eigenvalue weighted by atomic mass is 16.5. The molecule has 6 nitrogen and oxygen atoms in total. The largest absolute Gasteiger partial charge is 0.467 e. The maximum atomic E-state index is 11.7. The SMILES string of the molecule is CCOC(=O)CC(=O)N[C@H](C(=O)OC)c1ccccc1. The van der Waals surface area contributed by atoms with Crippen molar-refractivity contribution in [3.05, 3.63) is 35.9 Å². The van der Waals surface area contributed by atoms with Gasteiger partial charge in [-0.3, -0.25) is 9.59 Å². The van der Waals surface area contributed by atoms with E-state index in [1.54, 1.807) is 37.3 Å². The molecule has 0 fully saturated rings. The van der Waals surface area contributed by atoms with Gasteiger partial charge in [0.15, 0.2) is 6.04 Å². The maximum absolute atomic E-state index is 11.7. The summed E-state index contributed by atoms with van der Waals surface area (Å²) in [5.74, 6) is -1.84. The Morgan fingerprint density at radius 3 is 2.40 bits per heavy atom. The third-order valence-corrected chi connectivity index (χ3v) is 2.49. The van der Waals surface area contributed by atoms with E-state index in [1.165, 1.54) is 7.11 Å². The van der Waals surface area contributed by atoms with Crippen LogP contribution in [0.15, 0.2) is 30.3 Å². The predicted molar refractivity (Wildman–Crippen MR) is 70.6 cm³/mol. The van der Waals surface area contributed by atoms with Gasteiger partial charge in [0, 0.05) is 0 Å². The summed E-state index contributed by atoms with van der Waals surface area (Å²) in [5, 5.41) is 2.46. The molecule has 0 aromatic heterocycles. The van der Waals surface area contributed by atoms with Crippen molar-refractivity contribution in [1.29, 1.82) is 0 Å². The summed E-state index contributed by atoms with van der Waals surface area (Å²) < 4.78 is 9.32. The molecule has 1 atom stereocenters. The summed E-state index contributed by atoms with van der Waals surface area (Å²) in [4.78, 5) is 34.6. The number of nitrogens with one attached hydrogen (secondary N) is 1. The second-order valence-electron chi connectivity index (χ2n) is 3.92. The third-order valence-electron chi connectivity index (χ3n) is 2.49. The number of amides is 1. The Morgan fingerprint density at radius 2 is 1.85 bits per heavy atom. The Bertz CT molecular complexity index is 472. The van der Waals surface area contributed by atoms with E-state index < -0.39 is 30.3 Å². The van der Waals surface area contributed by atoms with Gasteiger partial charge in [0.2, 0.25) is 5.91 Å². The number of hydrogen-bond donors (Lipinski definition) is 1. The van der Waals surface area contributed by atoms with Gasteiger partial charge >= 0.3 is 11.9 Å². The molecule has 0 saturated carbocycles. The zero-order valence-electron chi connectivity index (χ0n) is 11.4. The van der Waals surface area contributed by atoms with Crippen LogP contribution in [0.25, 0.3) is 0 Å². The van der Waals surface area contributed by atoms with E-state index >= 15 is 0 Å². The van der Waals surface area contributed by atoms with Gasteiger partial charge in [0.1, 0.15) is 6.42 Å². The van der Waals surface area contributed by atoms with E-state index in [-0.39, 0.29) is 6.61 Å². The highest BCUT2D eigenvalue weighted by molar-refractivity contribution is 5.96. The molecule has 0 bridgehead atoms. The quantitative estimate of drug-likeness (QED) is 0.620. The molecule has 1 amide bonds. The number of ether oxygens (including phenoxy) is 2. The molecular weight excluding hydrogens is 262 g/mol. The van der Waals surface area contributed by atoms with E-state index in [0.29, 0.717) is 5.56 Å². The number of benzene rings is 1. The standard InChI is InChI=1S/C14H17NO5/c1-3-20-12(17)9-11(16)15-13(14(18)19-2)10-7-5-4-6-8-10/h4-8,13H,3,9H2,1-2H3,(H,15,16)/t13-/m0/s1. The molecule has 0 saturated heterocycles. The summed E-state index contributed by atoms with van der Waals surface area (Å²) in [5.41, 5.74) is 0.580. The van der Waals surface area contributed by atoms with Gasteiger partial charge in [0.25, 0.3) is 0 Å². The molecule has 108 valence electrons. The Labute approximate surface area is 117 Å². The second-order valence-corrected chi connectivity index (χ2v) is 3.92. The highest BCUT2D eigenvalue weighted by Crippen LogP contribution is 2.14. The minimum atomic E-state index is -0.942. The molecule has 0 heterocycles. The summed E-state index contributed by atoms with van der Waals surface area (Å²) in [6.45, 7) is 1.85. The summed E-state index contributed by atoms with van der Waals surface area (Å²) in [7, 11) is 1.23. The van der Waals surface area contributed by atoms with Crippen LogP contribution in [0.2, 0.25) is 0 Å². The number of rotatable bonds is 6. The zero-order chi connectivity index (χ0) is 15.0. The molecule has 0 spiro atoms. The van der Waals surface area contributed by atoms with Crippen molar-refractivity contribution in [1.82, 2.24) is 5.32 Å². The maximum Gasteiger partial charge on any atom is 0.333 e. The molecule has 20 heavy (non-hydrogen) atoms. The van der Waals surface area contributed by atoms with Crippen LogP contribution in [0.5, 0.6) is 0 Å². The number of carbonyl (C=O) groups is 3. The summed E-state index contributed by atoms with van der Waals surface area (Å²) in [6.07, 6.45) is -0.436. The second kappa shape index (κ2) is 7.93. The van der Waals surface area contributed by atoms with E-state index in [2.05, 4.69) is 14.8 Å². The minimum absolute atomic E-state index is 0.200. The van der Waals surface area contributed by atoms with Crippen LogP contribution in [0.3, 0.4) is 0 Å². The number of hydrogen-bond acceptors (Lipinski definition) is 5. The van der Waals surface area contributed by atoms with Gasteiger partial charge in [-0.15, -0.1) is 0 Å². The first-order chi connectivity index (χ1) is 9.58. The van der Waals surface area contributed by atoms with E-state index in [0.717, 1.165) is 0 Å². The molecule has 0 radical (unpaired) electrons. The molecule has 0 aliphatic heterocycles. The van der Waals surface area contributed by atoms with Crippen molar-refractivity contribution in [3.8, 4) is 0 Å². The average molecular weight is 279 g/mol. The van der Waals surface area contributed by atoms with Crippen molar-refractivity contribution in [2.75, 3.05) is 13.7 Å². The molecule has 0 unspecified atom stereocenters. The predicted octanol–water partition coefficient (Wildman–Crippen LogP) is 0.970. The van der Waals surface area contributed by atoms with Gasteiger partial charge in [-0.2, -0.15) is 0 Å². The molecule has 1 N–H and O–H groups in total. The lowest BCUT2D eigenvalue weighted by Gasteiger charge is -2.16. The lowest BCUT2D eigenvalue weighted by molar-refractivity contribution is -0.149. The summed E-state index contributed by atoms with van der Waals surface area (Å²) in [6, 6.07) is 7.70. The fraction of sp³-hybridized carbons (Fsp3) is 0.357. The topological polar surface area (TPSA) is 81.7 Å². The van der Waals surface area contributed by atoms with Gasteiger partial charge in [-0.05, 0) is 12.5 Å². The first kappa shape index (κ1) is 15.7. The fourth-order valence-corrected chi connectivity index (χ4v) is 1.60. The van der Waals surface area contributed by atoms with Crippen molar-refractivity contribution in [2.24, 2.45) is 0 Å². The van der Waals surface area contributed by atoms with Crippen molar-refractivity contribution in [2.45, 2.75) is 19.4 Å². The van der Waals surface area contributed by atoms with Crippen LogP contribution in [-0.2, 0) is 23.9 Å². The van der Waals surface area contributed by atoms with Crippen molar-refractivity contribution in [3.63, 3.8) is 0 Å². The Hall–Kier alpha value is -2.37. The molecular formula is C14H17NO5. The van der Waals surface area contributed by atoms with E-state index in [1.807, 2.05) is 0 Å². The van der Waals surface area contributed by atoms with E-state index in [9.17, 15) is 14.4 Å². The van der Waals surface area contributed by atoms with Gasteiger partial charge in [-0.1, -0.05) is 30.3 Å². The van der Waals surface area contributed by atoms with Gasteiger partial charge < -0.3 is 14.8 Å². The monoisotopic (exact) mass is 279 g/mol. The average Bonchev–Trinajstić information content (AvgIpc) is 2.45. The number of methoxy groups -OCH3 is 1.